The summed E-state index contributed by atoms with van der Waals surface area (Å²) in [6.45, 7) is 4.01. The van der Waals surface area contributed by atoms with Gasteiger partial charge in [-0.05, 0) is 13.8 Å². The summed E-state index contributed by atoms with van der Waals surface area (Å²) in [5, 5.41) is 7.67. The van der Waals surface area contributed by atoms with E-state index >= 15 is 0 Å². The Labute approximate surface area is 123 Å². The van der Waals surface area contributed by atoms with Gasteiger partial charge in [-0.15, -0.1) is 5.11 Å². The first kappa shape index (κ1) is 17.3. The van der Waals surface area contributed by atoms with Crippen LogP contribution in [0.3, 0.4) is 0 Å². The average Bonchev–Trinajstić information content (AvgIpc) is 2.75. The van der Waals surface area contributed by atoms with E-state index in [4.69, 9.17) is 18.9 Å². The van der Waals surface area contributed by atoms with Gasteiger partial charge in [0, 0.05) is 14.2 Å². The minimum absolute atomic E-state index is 0.0702. The molecule has 0 aliphatic carbocycles. The van der Waals surface area contributed by atoms with Gasteiger partial charge >= 0.3 is 11.9 Å². The van der Waals surface area contributed by atoms with Gasteiger partial charge < -0.3 is 18.9 Å². The molecule has 0 aromatic carbocycles. The summed E-state index contributed by atoms with van der Waals surface area (Å²) in [6.07, 6.45) is 0. The third-order valence-electron chi connectivity index (χ3n) is 2.69. The van der Waals surface area contributed by atoms with Crippen LogP contribution >= 0.6 is 0 Å². The number of hydrogen-bond acceptors (Lipinski definition) is 8. The van der Waals surface area contributed by atoms with Gasteiger partial charge in [-0.1, -0.05) is 0 Å². The third-order valence-corrected chi connectivity index (χ3v) is 2.69. The van der Waals surface area contributed by atoms with E-state index in [1.54, 1.807) is 13.8 Å². The van der Waals surface area contributed by atoms with Crippen molar-refractivity contribution in [2.75, 3.05) is 40.6 Å². The summed E-state index contributed by atoms with van der Waals surface area (Å²) in [7, 11) is 2.99. The molecule has 0 spiro atoms. The zero-order valence-electron chi connectivity index (χ0n) is 12.7. The lowest BCUT2D eigenvalue weighted by Crippen LogP contribution is -2.28. The summed E-state index contributed by atoms with van der Waals surface area (Å²) < 4.78 is 19.6. The van der Waals surface area contributed by atoms with E-state index in [0.717, 1.165) is 0 Å². The molecule has 1 rings (SSSR count). The molecule has 0 amide bonds. The van der Waals surface area contributed by atoms with Crippen molar-refractivity contribution >= 4 is 11.9 Å². The zero-order chi connectivity index (χ0) is 15.9. The van der Waals surface area contributed by atoms with Crippen LogP contribution in [0.25, 0.3) is 0 Å². The Balaban J connectivity index is 2.83. The molecule has 0 bridgehead atoms. The van der Waals surface area contributed by atoms with E-state index in [2.05, 4.69) is 10.2 Å². The van der Waals surface area contributed by atoms with E-state index in [-0.39, 0.29) is 37.7 Å². The Morgan fingerprint density at radius 1 is 0.952 bits per heavy atom. The standard InChI is InChI=1S/C13H20N2O6/c1-13(2)9(11(16)20-7-5-18-3)10(14-15-13)12(17)21-8-6-19-4/h5-8H2,1-4H3. The first-order valence-electron chi connectivity index (χ1n) is 6.43. The van der Waals surface area contributed by atoms with Crippen LogP contribution in [0.5, 0.6) is 0 Å². The van der Waals surface area contributed by atoms with E-state index < -0.39 is 17.5 Å². The Hall–Kier alpha value is -1.80. The molecule has 1 aliphatic rings. The summed E-state index contributed by atoms with van der Waals surface area (Å²) in [6, 6.07) is 0. The molecule has 0 saturated heterocycles. The smallest absolute Gasteiger partial charge is 0.359 e. The van der Waals surface area contributed by atoms with Crippen molar-refractivity contribution < 1.29 is 28.5 Å². The second kappa shape index (κ2) is 7.84. The molecule has 1 heterocycles. The van der Waals surface area contributed by atoms with Gasteiger partial charge in [0.15, 0.2) is 5.70 Å². The molecular formula is C13H20N2O6. The maximum Gasteiger partial charge on any atom is 0.359 e. The van der Waals surface area contributed by atoms with Crippen LogP contribution < -0.4 is 0 Å². The van der Waals surface area contributed by atoms with Crippen molar-refractivity contribution in [2.45, 2.75) is 19.4 Å². The summed E-state index contributed by atoms with van der Waals surface area (Å²) in [4.78, 5) is 24.0. The highest BCUT2D eigenvalue weighted by atomic mass is 16.6. The Morgan fingerprint density at radius 3 is 2.00 bits per heavy atom. The molecule has 0 N–H and O–H groups in total. The lowest BCUT2D eigenvalue weighted by molar-refractivity contribution is -0.143. The Kier molecular flexibility index (Phi) is 6.44. The van der Waals surface area contributed by atoms with Gasteiger partial charge in [0.25, 0.3) is 0 Å². The quantitative estimate of drug-likeness (QED) is 0.487. The molecule has 21 heavy (non-hydrogen) atoms. The molecule has 0 atom stereocenters. The van der Waals surface area contributed by atoms with Crippen LogP contribution in [-0.4, -0.2) is 58.1 Å². The predicted octanol–water partition coefficient (Wildman–Crippen LogP) is 0.864. The minimum Gasteiger partial charge on any atom is -0.460 e. The highest BCUT2D eigenvalue weighted by molar-refractivity contribution is 6.02. The number of carbonyl (C=O) groups is 2. The molecule has 8 nitrogen and oxygen atoms in total. The highest BCUT2D eigenvalue weighted by Crippen LogP contribution is 2.33. The molecule has 1 aliphatic heterocycles. The molecule has 0 saturated carbocycles. The second-order valence-corrected chi connectivity index (χ2v) is 4.74. The number of methoxy groups -OCH3 is 2. The fourth-order valence-electron chi connectivity index (χ4n) is 1.63. The van der Waals surface area contributed by atoms with Gasteiger partial charge in [-0.2, -0.15) is 5.11 Å². The molecule has 0 fully saturated rings. The second-order valence-electron chi connectivity index (χ2n) is 4.74. The van der Waals surface area contributed by atoms with E-state index in [9.17, 15) is 9.59 Å². The van der Waals surface area contributed by atoms with Crippen molar-refractivity contribution in [3.05, 3.63) is 11.3 Å². The molecule has 118 valence electrons. The van der Waals surface area contributed by atoms with Crippen LogP contribution in [0.2, 0.25) is 0 Å². The Morgan fingerprint density at radius 2 is 1.48 bits per heavy atom. The van der Waals surface area contributed by atoms with Crippen molar-refractivity contribution in [1.29, 1.82) is 0 Å². The molecule has 0 aromatic heterocycles. The fraction of sp³-hybridized carbons (Fsp3) is 0.692. The zero-order valence-corrected chi connectivity index (χ0v) is 12.7. The van der Waals surface area contributed by atoms with Crippen molar-refractivity contribution in [2.24, 2.45) is 10.2 Å². The number of ether oxygens (including phenoxy) is 4. The third kappa shape index (κ3) is 4.61. The number of hydrogen-bond donors (Lipinski definition) is 0. The summed E-state index contributed by atoms with van der Waals surface area (Å²) in [5.41, 5.74) is -0.973. The largest absolute Gasteiger partial charge is 0.460 e. The summed E-state index contributed by atoms with van der Waals surface area (Å²) in [5.74, 6) is -1.37. The minimum atomic E-state index is -0.931. The summed E-state index contributed by atoms with van der Waals surface area (Å²) >= 11 is 0. The van der Waals surface area contributed by atoms with Crippen LogP contribution in [0.1, 0.15) is 13.8 Å². The van der Waals surface area contributed by atoms with Gasteiger partial charge in [0.05, 0.1) is 13.2 Å². The predicted molar refractivity (Wildman–Crippen MR) is 71.6 cm³/mol. The molecular weight excluding hydrogens is 280 g/mol. The lowest BCUT2D eigenvalue weighted by atomic mass is 9.94. The van der Waals surface area contributed by atoms with Crippen LogP contribution in [-0.2, 0) is 28.5 Å². The van der Waals surface area contributed by atoms with Gasteiger partial charge in [0.2, 0.25) is 0 Å². The van der Waals surface area contributed by atoms with Crippen LogP contribution in [0.4, 0.5) is 0 Å². The van der Waals surface area contributed by atoms with Crippen molar-refractivity contribution in [3.63, 3.8) is 0 Å². The fourth-order valence-corrected chi connectivity index (χ4v) is 1.63. The highest BCUT2D eigenvalue weighted by Gasteiger charge is 2.40. The monoisotopic (exact) mass is 300 g/mol. The van der Waals surface area contributed by atoms with Crippen molar-refractivity contribution in [3.8, 4) is 0 Å². The molecule has 0 aromatic rings. The van der Waals surface area contributed by atoms with Crippen LogP contribution in [0, 0.1) is 0 Å². The molecule has 0 unspecified atom stereocenters. The van der Waals surface area contributed by atoms with Gasteiger partial charge in [-0.25, -0.2) is 9.59 Å². The Bertz CT molecular complexity index is 456. The number of azo groups is 1. The first-order chi connectivity index (χ1) is 9.94. The van der Waals surface area contributed by atoms with Crippen LogP contribution in [0.15, 0.2) is 21.5 Å². The van der Waals surface area contributed by atoms with Gasteiger partial charge in [-0.3, -0.25) is 0 Å². The van der Waals surface area contributed by atoms with Crippen molar-refractivity contribution in [1.82, 2.24) is 0 Å². The van der Waals surface area contributed by atoms with Gasteiger partial charge in [0.1, 0.15) is 24.3 Å². The number of nitrogens with zero attached hydrogens (tertiary/aromatic N) is 2. The van der Waals surface area contributed by atoms with E-state index in [0.29, 0.717) is 0 Å². The normalized spacial score (nSPS) is 16.2. The first-order valence-corrected chi connectivity index (χ1v) is 6.43. The topological polar surface area (TPSA) is 95.8 Å². The number of esters is 2. The van der Waals surface area contributed by atoms with E-state index in [1.807, 2.05) is 0 Å². The maximum absolute atomic E-state index is 12.1. The average molecular weight is 300 g/mol. The molecule has 0 radical (unpaired) electrons. The maximum atomic E-state index is 12.1. The molecule has 8 heteroatoms. The van der Waals surface area contributed by atoms with E-state index in [1.165, 1.54) is 14.2 Å². The lowest BCUT2D eigenvalue weighted by Gasteiger charge is -2.16. The number of carbonyl (C=O) groups excluding carboxylic acids is 2. The SMILES string of the molecule is COCCOC(=O)C1=C(C(=O)OCCOC)C(C)(C)N=N1. The number of rotatable bonds is 8.